The molecule has 4 rings (SSSR count). The lowest BCUT2D eigenvalue weighted by Gasteiger charge is -2.60. The summed E-state index contributed by atoms with van der Waals surface area (Å²) in [7, 11) is 0. The predicted octanol–water partition coefficient (Wildman–Crippen LogP) is 4.43. The molecule has 8 atom stereocenters. The van der Waals surface area contributed by atoms with Gasteiger partial charge in [0.1, 0.15) is 4.98 Å². The van der Waals surface area contributed by atoms with Crippen LogP contribution in [0.25, 0.3) is 4.98 Å². The van der Waals surface area contributed by atoms with Crippen LogP contribution in [0.3, 0.4) is 0 Å². The van der Waals surface area contributed by atoms with E-state index in [1.807, 2.05) is 0 Å². The van der Waals surface area contributed by atoms with Gasteiger partial charge in [0.05, 0.1) is 6.10 Å². The number of fused-ring (bicyclic) bond motifs is 5. The zero-order valence-electron chi connectivity index (χ0n) is 15.8. The maximum absolute atomic E-state index is 12.5. The van der Waals surface area contributed by atoms with E-state index >= 15 is 0 Å². The molecule has 0 aliphatic heterocycles. The van der Waals surface area contributed by atoms with Crippen molar-refractivity contribution in [1.82, 2.24) is 0 Å². The highest BCUT2D eigenvalue weighted by Crippen LogP contribution is 2.67. The first-order chi connectivity index (χ1) is 11.9. The van der Waals surface area contributed by atoms with Gasteiger partial charge < -0.3 is 5.11 Å². The Balaban J connectivity index is 1.58. The summed E-state index contributed by atoms with van der Waals surface area (Å²) in [5.41, 5.74) is 0.506. The van der Waals surface area contributed by atoms with Crippen LogP contribution in [0.1, 0.15) is 71.6 Å². The molecule has 0 aromatic rings. The van der Waals surface area contributed by atoms with Crippen molar-refractivity contribution >= 4 is 5.78 Å². The van der Waals surface area contributed by atoms with Crippen LogP contribution in [-0.4, -0.2) is 23.5 Å². The first-order valence-electron chi connectivity index (χ1n) is 10.4. The molecule has 1 N–H and O–H groups in total. The lowest BCUT2D eigenvalue weighted by molar-refractivity contribution is -0.138. The van der Waals surface area contributed by atoms with Crippen molar-refractivity contribution in [1.29, 1.82) is 5.39 Å². The van der Waals surface area contributed by atoms with E-state index < -0.39 is 0 Å². The molecule has 4 nitrogen and oxygen atoms in total. The highest BCUT2D eigenvalue weighted by Gasteiger charge is 2.61. The fourth-order valence-electron chi connectivity index (χ4n) is 7.94. The lowest BCUT2D eigenvalue weighted by Crippen LogP contribution is -2.54. The largest absolute Gasteiger partial charge is 0.393 e. The van der Waals surface area contributed by atoms with Gasteiger partial charge in [0.15, 0.2) is 0 Å². The molecule has 4 saturated carbocycles. The molecule has 4 aliphatic rings. The molecule has 0 spiro atoms. The average Bonchev–Trinajstić information content (AvgIpc) is 2.93. The van der Waals surface area contributed by atoms with Gasteiger partial charge in [-0.25, -0.2) is 0 Å². The lowest BCUT2D eigenvalue weighted by atomic mass is 9.44. The van der Waals surface area contributed by atoms with E-state index in [4.69, 9.17) is 5.39 Å². The van der Waals surface area contributed by atoms with Crippen molar-refractivity contribution < 1.29 is 9.90 Å². The summed E-state index contributed by atoms with van der Waals surface area (Å²) in [4.78, 5) is 15.6. The summed E-state index contributed by atoms with van der Waals surface area (Å²) in [6, 6.07) is 0. The van der Waals surface area contributed by atoms with Gasteiger partial charge in [0, 0.05) is 5.92 Å². The van der Waals surface area contributed by atoms with Crippen LogP contribution in [0.2, 0.25) is 0 Å². The number of ketones is 1. The van der Waals surface area contributed by atoms with E-state index in [9.17, 15) is 9.90 Å². The van der Waals surface area contributed by atoms with Crippen LogP contribution < -0.4 is 0 Å². The SMILES string of the molecule is C[C@@]12CC[C@@H](O)C[C@H]1CC[C@H]1[C@H]2CC[C@]2(C)[C@@H]1CC[C@H]2C(=O)C[N+]#N. The van der Waals surface area contributed by atoms with Gasteiger partial charge in [-0.1, -0.05) is 13.8 Å². The smallest absolute Gasteiger partial charge is 0.362 e. The third kappa shape index (κ3) is 2.49. The summed E-state index contributed by atoms with van der Waals surface area (Å²) in [6.45, 7) is 4.82. The maximum Gasteiger partial charge on any atom is 0.362 e. The molecule has 0 unspecified atom stereocenters. The Morgan fingerprint density at radius 2 is 1.76 bits per heavy atom. The van der Waals surface area contributed by atoms with E-state index in [2.05, 4.69) is 18.8 Å². The zero-order chi connectivity index (χ0) is 17.8. The summed E-state index contributed by atoms with van der Waals surface area (Å²) in [6.07, 6.45) is 10.1. The van der Waals surface area contributed by atoms with Gasteiger partial charge in [-0.15, -0.1) is 0 Å². The topological polar surface area (TPSA) is 65.4 Å². The molecule has 0 aromatic heterocycles. The number of nitrogens with zero attached hydrogens (tertiary/aromatic N) is 2. The molecule has 0 saturated heterocycles. The third-order valence-electron chi connectivity index (χ3n) is 9.25. The number of diazo groups is 1. The molecule has 0 heterocycles. The number of aliphatic hydroxyl groups is 1. The standard InChI is InChI=1S/C21H33N2O2/c1-20-9-7-14(24)11-13(20)3-4-15-16-5-6-18(19(25)12-23-22)21(16,2)10-8-17(15)20/h13-18,24H,3-12H2,1-2H3/q+1/t13-,14-,15-,16-,17-,18+,20-,21-/m1/s1. The number of hydrogen-bond donors (Lipinski definition) is 1. The molecular formula is C21H33N2O2+. The van der Waals surface area contributed by atoms with Crippen LogP contribution in [0, 0.1) is 45.8 Å². The number of carbonyl (C=O) groups is 1. The van der Waals surface area contributed by atoms with E-state index in [-0.39, 0.29) is 29.8 Å². The highest BCUT2D eigenvalue weighted by atomic mass is 16.3. The van der Waals surface area contributed by atoms with Gasteiger partial charge in [0.25, 0.3) is 0 Å². The summed E-state index contributed by atoms with van der Waals surface area (Å²) >= 11 is 0. The van der Waals surface area contributed by atoms with Crippen LogP contribution in [0.15, 0.2) is 0 Å². The molecule has 4 fully saturated rings. The number of hydrogen-bond acceptors (Lipinski definition) is 3. The molecule has 138 valence electrons. The third-order valence-corrected chi connectivity index (χ3v) is 9.25. The minimum absolute atomic E-state index is 0.0290. The zero-order valence-corrected chi connectivity index (χ0v) is 15.8. The van der Waals surface area contributed by atoms with Gasteiger partial charge in [-0.05, 0) is 92.3 Å². The molecule has 4 aliphatic carbocycles. The monoisotopic (exact) mass is 345 g/mol. The number of Topliss-reactive ketones (excluding diaryl/α,β-unsaturated/α-hetero) is 1. The Labute approximate surface area is 151 Å². The Kier molecular flexibility index (Phi) is 4.22. The Morgan fingerprint density at radius 1 is 1.04 bits per heavy atom. The van der Waals surface area contributed by atoms with E-state index in [0.717, 1.165) is 37.5 Å². The molecule has 25 heavy (non-hydrogen) atoms. The fraction of sp³-hybridized carbons (Fsp3) is 0.952. The second kappa shape index (κ2) is 6.05. The maximum atomic E-state index is 12.5. The summed E-state index contributed by atoms with van der Waals surface area (Å²) in [5.74, 6) is 3.10. The number of aliphatic hydroxyl groups excluding tert-OH is 1. The Bertz CT molecular complexity index is 599. The molecule has 0 bridgehead atoms. The van der Waals surface area contributed by atoms with Crippen LogP contribution in [0.4, 0.5) is 0 Å². The summed E-state index contributed by atoms with van der Waals surface area (Å²) < 4.78 is 0. The second-order valence-corrected chi connectivity index (χ2v) is 10.0. The Morgan fingerprint density at radius 3 is 2.52 bits per heavy atom. The van der Waals surface area contributed by atoms with Crippen molar-refractivity contribution in [2.75, 3.05) is 6.54 Å². The van der Waals surface area contributed by atoms with Crippen LogP contribution in [-0.2, 0) is 4.79 Å². The van der Waals surface area contributed by atoms with E-state index in [1.54, 1.807) is 0 Å². The van der Waals surface area contributed by atoms with Gasteiger partial charge in [-0.2, -0.15) is 0 Å². The van der Waals surface area contributed by atoms with Crippen molar-refractivity contribution in [2.24, 2.45) is 40.4 Å². The second-order valence-electron chi connectivity index (χ2n) is 10.0. The number of carbonyl (C=O) groups excluding carboxylic acids is 1. The fourth-order valence-corrected chi connectivity index (χ4v) is 7.94. The molecular weight excluding hydrogens is 312 g/mol. The van der Waals surface area contributed by atoms with Gasteiger partial charge in [-0.3, -0.25) is 4.79 Å². The van der Waals surface area contributed by atoms with Crippen LogP contribution >= 0.6 is 0 Å². The van der Waals surface area contributed by atoms with Gasteiger partial charge >= 0.3 is 6.54 Å². The minimum atomic E-state index is -0.0841. The average molecular weight is 346 g/mol. The van der Waals surface area contributed by atoms with Crippen molar-refractivity contribution in [3.63, 3.8) is 0 Å². The quantitative estimate of drug-likeness (QED) is 0.753. The normalized spacial score (nSPS) is 51.8. The van der Waals surface area contributed by atoms with Crippen molar-refractivity contribution in [3.05, 3.63) is 4.98 Å². The Hall–Kier alpha value is -0.950. The first-order valence-corrected chi connectivity index (χ1v) is 10.4. The molecule has 0 radical (unpaired) electrons. The number of rotatable bonds is 2. The van der Waals surface area contributed by atoms with E-state index in [1.165, 1.54) is 32.1 Å². The molecule has 0 aromatic carbocycles. The van der Waals surface area contributed by atoms with E-state index in [0.29, 0.717) is 17.3 Å². The van der Waals surface area contributed by atoms with Crippen LogP contribution in [0.5, 0.6) is 0 Å². The summed E-state index contributed by atoms with van der Waals surface area (Å²) in [5, 5.41) is 19.0. The molecule has 4 heteroatoms. The minimum Gasteiger partial charge on any atom is -0.393 e. The van der Waals surface area contributed by atoms with Crippen molar-refractivity contribution in [3.8, 4) is 0 Å². The predicted molar refractivity (Wildman–Crippen MR) is 96.2 cm³/mol. The first kappa shape index (κ1) is 17.5. The van der Waals surface area contributed by atoms with Crippen molar-refractivity contribution in [2.45, 2.75) is 77.7 Å². The molecule has 0 amide bonds. The van der Waals surface area contributed by atoms with Gasteiger partial charge in [0.2, 0.25) is 11.2 Å². The highest BCUT2D eigenvalue weighted by molar-refractivity contribution is 5.85.